The molecule has 0 saturated heterocycles. The molecule has 5 heteroatoms. The van der Waals surface area contributed by atoms with Crippen molar-refractivity contribution in [3.05, 3.63) is 65.7 Å². The van der Waals surface area contributed by atoms with E-state index < -0.39 is 5.91 Å². The monoisotopic (exact) mass is 354 g/mol. The zero-order valence-electron chi connectivity index (χ0n) is 15.2. The number of ether oxygens (including phenoxy) is 1. The quantitative estimate of drug-likeness (QED) is 0.665. The summed E-state index contributed by atoms with van der Waals surface area (Å²) in [7, 11) is 0. The molecule has 0 aromatic heterocycles. The fourth-order valence-electron chi connectivity index (χ4n) is 2.54. The van der Waals surface area contributed by atoms with E-state index >= 15 is 0 Å². The summed E-state index contributed by atoms with van der Waals surface area (Å²) in [5.41, 5.74) is 6.81. The van der Waals surface area contributed by atoms with E-state index in [0.29, 0.717) is 24.5 Å². The van der Waals surface area contributed by atoms with Crippen LogP contribution in [0.2, 0.25) is 0 Å². The second kappa shape index (κ2) is 10.2. The first-order valence-corrected chi connectivity index (χ1v) is 8.94. The largest absolute Gasteiger partial charge is 0.494 e. The number of carbonyl (C=O) groups is 2. The summed E-state index contributed by atoms with van der Waals surface area (Å²) >= 11 is 0. The smallest absolute Gasteiger partial charge is 0.254 e. The predicted octanol–water partition coefficient (Wildman–Crippen LogP) is 3.38. The highest BCUT2D eigenvalue weighted by Gasteiger charge is 2.17. The fourth-order valence-corrected chi connectivity index (χ4v) is 2.54. The Morgan fingerprint density at radius 2 is 1.85 bits per heavy atom. The van der Waals surface area contributed by atoms with Crippen LogP contribution in [0.3, 0.4) is 0 Å². The second-order valence-electron chi connectivity index (χ2n) is 6.16. The van der Waals surface area contributed by atoms with E-state index in [9.17, 15) is 9.59 Å². The normalized spacial score (nSPS) is 10.3. The Hall–Kier alpha value is -2.82. The lowest BCUT2D eigenvalue weighted by atomic mass is 10.1. The van der Waals surface area contributed by atoms with Crippen LogP contribution in [0.15, 0.2) is 54.6 Å². The van der Waals surface area contributed by atoms with Crippen molar-refractivity contribution >= 4 is 11.8 Å². The average molecular weight is 354 g/mol. The first-order valence-electron chi connectivity index (χ1n) is 8.94. The Bertz CT molecular complexity index is 716. The lowest BCUT2D eigenvalue weighted by Gasteiger charge is -2.23. The Kier molecular flexibility index (Phi) is 7.68. The highest BCUT2D eigenvalue weighted by atomic mass is 16.5. The SMILES string of the molecule is CCCCOc1cccc(C(=O)N(CCC(N)=O)Cc2ccccc2)c1. The second-order valence-corrected chi connectivity index (χ2v) is 6.16. The van der Waals surface area contributed by atoms with Crippen molar-refractivity contribution in [2.24, 2.45) is 5.73 Å². The summed E-state index contributed by atoms with van der Waals surface area (Å²) in [6.07, 6.45) is 2.15. The summed E-state index contributed by atoms with van der Waals surface area (Å²) in [5, 5.41) is 0. The van der Waals surface area contributed by atoms with E-state index in [1.165, 1.54) is 0 Å². The van der Waals surface area contributed by atoms with Crippen LogP contribution in [-0.4, -0.2) is 29.9 Å². The van der Waals surface area contributed by atoms with Crippen LogP contribution in [0.25, 0.3) is 0 Å². The molecule has 0 aliphatic carbocycles. The maximum atomic E-state index is 13.0. The summed E-state index contributed by atoms with van der Waals surface area (Å²) < 4.78 is 5.69. The third kappa shape index (κ3) is 6.24. The molecule has 2 amide bonds. The molecule has 0 unspecified atom stereocenters. The van der Waals surface area contributed by atoms with Gasteiger partial charge in [-0.2, -0.15) is 0 Å². The number of rotatable bonds is 10. The Morgan fingerprint density at radius 3 is 2.54 bits per heavy atom. The number of carbonyl (C=O) groups excluding carboxylic acids is 2. The van der Waals surface area contributed by atoms with Gasteiger partial charge in [0, 0.05) is 25.1 Å². The Morgan fingerprint density at radius 1 is 1.08 bits per heavy atom. The average Bonchev–Trinajstić information content (AvgIpc) is 2.66. The number of nitrogens with zero attached hydrogens (tertiary/aromatic N) is 1. The molecule has 5 nitrogen and oxygen atoms in total. The van der Waals surface area contributed by atoms with Crippen molar-refractivity contribution in [1.29, 1.82) is 0 Å². The molecule has 0 heterocycles. The first-order chi connectivity index (χ1) is 12.6. The van der Waals surface area contributed by atoms with Crippen molar-refractivity contribution in [3.63, 3.8) is 0 Å². The summed E-state index contributed by atoms with van der Waals surface area (Å²) in [6, 6.07) is 16.8. The molecule has 0 bridgehead atoms. The minimum Gasteiger partial charge on any atom is -0.494 e. The van der Waals surface area contributed by atoms with Gasteiger partial charge in [-0.25, -0.2) is 0 Å². The molecule has 2 N–H and O–H groups in total. The van der Waals surface area contributed by atoms with Gasteiger partial charge in [0.15, 0.2) is 0 Å². The van der Waals surface area contributed by atoms with Crippen molar-refractivity contribution in [3.8, 4) is 5.75 Å². The zero-order chi connectivity index (χ0) is 18.8. The molecule has 138 valence electrons. The molecule has 0 aliphatic heterocycles. The lowest BCUT2D eigenvalue weighted by molar-refractivity contribution is -0.118. The minimum absolute atomic E-state index is 0.130. The van der Waals surface area contributed by atoms with Gasteiger partial charge in [0.25, 0.3) is 5.91 Å². The molecule has 0 radical (unpaired) electrons. The Labute approximate surface area is 154 Å². The molecule has 26 heavy (non-hydrogen) atoms. The maximum Gasteiger partial charge on any atom is 0.254 e. The molecule has 2 rings (SSSR count). The van der Waals surface area contributed by atoms with E-state index in [1.54, 1.807) is 17.0 Å². The van der Waals surface area contributed by atoms with Crippen LogP contribution in [-0.2, 0) is 11.3 Å². The number of hydrogen-bond acceptors (Lipinski definition) is 3. The number of nitrogens with two attached hydrogens (primary N) is 1. The van der Waals surface area contributed by atoms with E-state index in [-0.39, 0.29) is 18.9 Å². The number of hydrogen-bond donors (Lipinski definition) is 1. The molecule has 0 spiro atoms. The molecule has 0 atom stereocenters. The van der Waals surface area contributed by atoms with Crippen LogP contribution < -0.4 is 10.5 Å². The molecule has 0 fully saturated rings. The van der Waals surface area contributed by atoms with Gasteiger partial charge in [0.1, 0.15) is 5.75 Å². The number of primary amides is 1. The van der Waals surface area contributed by atoms with Gasteiger partial charge in [0.2, 0.25) is 5.91 Å². The fraction of sp³-hybridized carbons (Fsp3) is 0.333. The number of benzene rings is 2. The summed E-state index contributed by atoms with van der Waals surface area (Å²) in [6.45, 7) is 3.44. The van der Waals surface area contributed by atoms with Gasteiger partial charge in [-0.3, -0.25) is 9.59 Å². The maximum absolute atomic E-state index is 13.0. The van der Waals surface area contributed by atoms with Crippen LogP contribution in [0.4, 0.5) is 0 Å². The van der Waals surface area contributed by atoms with Gasteiger partial charge in [-0.1, -0.05) is 49.7 Å². The van der Waals surface area contributed by atoms with Crippen molar-refractivity contribution in [2.75, 3.05) is 13.2 Å². The summed E-state index contributed by atoms with van der Waals surface area (Å²) in [4.78, 5) is 25.8. The third-order valence-corrected chi connectivity index (χ3v) is 3.98. The van der Waals surface area contributed by atoms with E-state index in [0.717, 1.165) is 18.4 Å². The topological polar surface area (TPSA) is 72.6 Å². The van der Waals surface area contributed by atoms with Crippen LogP contribution >= 0.6 is 0 Å². The van der Waals surface area contributed by atoms with Gasteiger partial charge in [-0.15, -0.1) is 0 Å². The van der Waals surface area contributed by atoms with E-state index in [2.05, 4.69) is 6.92 Å². The van der Waals surface area contributed by atoms with E-state index in [4.69, 9.17) is 10.5 Å². The van der Waals surface area contributed by atoms with Gasteiger partial charge in [-0.05, 0) is 30.2 Å². The lowest BCUT2D eigenvalue weighted by Crippen LogP contribution is -2.33. The molecule has 2 aromatic rings. The van der Waals surface area contributed by atoms with Gasteiger partial charge >= 0.3 is 0 Å². The molecular weight excluding hydrogens is 328 g/mol. The Balaban J connectivity index is 2.13. The number of amides is 2. The van der Waals surface area contributed by atoms with Crippen molar-refractivity contribution in [2.45, 2.75) is 32.7 Å². The van der Waals surface area contributed by atoms with Crippen LogP contribution in [0.1, 0.15) is 42.1 Å². The highest BCUT2D eigenvalue weighted by Crippen LogP contribution is 2.17. The van der Waals surface area contributed by atoms with E-state index in [1.807, 2.05) is 42.5 Å². The molecule has 0 saturated carbocycles. The summed E-state index contributed by atoms with van der Waals surface area (Å²) in [5.74, 6) is 0.113. The van der Waals surface area contributed by atoms with Crippen molar-refractivity contribution in [1.82, 2.24) is 4.90 Å². The zero-order valence-corrected chi connectivity index (χ0v) is 15.2. The van der Waals surface area contributed by atoms with Crippen LogP contribution in [0, 0.1) is 0 Å². The first kappa shape index (κ1) is 19.5. The minimum atomic E-state index is -0.424. The molecule has 0 aliphatic rings. The number of unbranched alkanes of at least 4 members (excludes halogenated alkanes) is 1. The molecule has 2 aromatic carbocycles. The van der Waals surface area contributed by atoms with Crippen molar-refractivity contribution < 1.29 is 14.3 Å². The third-order valence-electron chi connectivity index (χ3n) is 3.98. The van der Waals surface area contributed by atoms with Gasteiger partial charge in [0.05, 0.1) is 6.61 Å². The van der Waals surface area contributed by atoms with Crippen LogP contribution in [0.5, 0.6) is 5.75 Å². The van der Waals surface area contributed by atoms with Gasteiger partial charge < -0.3 is 15.4 Å². The molecular formula is C21H26N2O3. The highest BCUT2D eigenvalue weighted by molar-refractivity contribution is 5.94. The standard InChI is InChI=1S/C21H26N2O3/c1-2-3-14-26-19-11-7-10-18(15-19)21(25)23(13-12-20(22)24)16-17-8-5-4-6-9-17/h4-11,15H,2-3,12-14,16H2,1H3,(H2,22,24). The predicted molar refractivity (Wildman–Crippen MR) is 102 cm³/mol.